The molecule has 2 aliphatic carbocycles. The van der Waals surface area contributed by atoms with Crippen molar-refractivity contribution in [3.8, 4) is 17.2 Å². The highest BCUT2D eigenvalue weighted by Crippen LogP contribution is 2.44. The van der Waals surface area contributed by atoms with Crippen molar-refractivity contribution in [1.29, 1.82) is 0 Å². The van der Waals surface area contributed by atoms with Crippen molar-refractivity contribution in [3.05, 3.63) is 111 Å². The Kier molecular flexibility index (Phi) is 13.5. The van der Waals surface area contributed by atoms with Crippen LogP contribution < -0.4 is 24.4 Å². The fourth-order valence-electron chi connectivity index (χ4n) is 9.56. The van der Waals surface area contributed by atoms with Crippen LogP contribution in [0.3, 0.4) is 0 Å². The fourth-order valence-corrected chi connectivity index (χ4v) is 10.7. The molecule has 1 amide bonds. The maximum atomic E-state index is 14.1. The van der Waals surface area contributed by atoms with Crippen LogP contribution in [0.1, 0.15) is 74.7 Å². The SMILES string of the molecule is COC1CCC(OCC2COc3cc(S(=O)(=O)NC(=O)c4ccc(N5CCN(CC6=C(c7ccc(Cl)cc7)CC(C)(C)CC6)CC5)cc4Oc4cnc5[nH]ccc5c4)cc([N+](=O)[O-])c3N2)CC1. The number of anilines is 2. The van der Waals surface area contributed by atoms with Gasteiger partial charge in [-0.2, -0.15) is 0 Å². The van der Waals surface area contributed by atoms with Crippen LogP contribution in [0.4, 0.5) is 17.1 Å². The number of nitro groups is 1. The lowest BCUT2D eigenvalue weighted by molar-refractivity contribution is -0.384. The van der Waals surface area contributed by atoms with E-state index in [9.17, 15) is 23.3 Å². The first-order valence-corrected chi connectivity index (χ1v) is 24.7. The van der Waals surface area contributed by atoms with Crippen LogP contribution in [0.15, 0.2) is 89.6 Å². The van der Waals surface area contributed by atoms with E-state index >= 15 is 0 Å². The molecule has 354 valence electrons. The standard InChI is InChI=1S/C49H56ClN7O9S/c1-49(2)16-14-33(42(26-49)31-4-6-34(50)7-5-31)28-55-18-20-56(21-19-55)36-8-13-41(44(23-36)66-39-22-32-15-17-51-47(32)52-27-39)48(58)54-67(61,62)40-24-43(57(59)60)46-45(25-40)65-30-35(53-46)29-64-38-11-9-37(63-3)10-12-38/h4-8,13,15,17,22-25,27,35,37-38,53H,9-12,14,16,18-21,26,28-30H2,1-3H3,(H,51,52)(H,54,58). The molecule has 3 N–H and O–H groups in total. The maximum absolute atomic E-state index is 14.1. The zero-order valence-electron chi connectivity index (χ0n) is 37.9. The van der Waals surface area contributed by atoms with E-state index in [-0.39, 0.29) is 53.6 Å². The second-order valence-electron chi connectivity index (χ2n) is 18.7. The third kappa shape index (κ3) is 10.7. The van der Waals surface area contributed by atoms with Crippen molar-refractivity contribution in [2.24, 2.45) is 5.41 Å². The van der Waals surface area contributed by atoms with E-state index in [1.807, 2.05) is 18.2 Å². The average Bonchev–Trinajstić information content (AvgIpc) is 3.79. The third-order valence-corrected chi connectivity index (χ3v) is 15.0. The predicted octanol–water partition coefficient (Wildman–Crippen LogP) is 8.97. The summed E-state index contributed by atoms with van der Waals surface area (Å²) in [6.45, 7) is 8.90. The minimum Gasteiger partial charge on any atom is -0.489 e. The Bertz CT molecular complexity index is 2780. The highest BCUT2D eigenvalue weighted by molar-refractivity contribution is 7.90. The number of hydrogen-bond donors (Lipinski definition) is 3. The number of aromatic nitrogens is 2. The van der Waals surface area contributed by atoms with Gasteiger partial charge in [-0.25, -0.2) is 18.1 Å². The number of amides is 1. The molecule has 4 heterocycles. The number of aromatic amines is 1. The number of carbonyl (C=O) groups is 1. The summed E-state index contributed by atoms with van der Waals surface area (Å²) < 4.78 is 53.8. The number of nitrogens with zero attached hydrogens (tertiary/aromatic N) is 4. The van der Waals surface area contributed by atoms with Gasteiger partial charge in [0.1, 0.15) is 23.8 Å². The Morgan fingerprint density at radius 2 is 1.78 bits per heavy atom. The zero-order valence-corrected chi connectivity index (χ0v) is 39.5. The second-order valence-corrected chi connectivity index (χ2v) is 20.8. The molecule has 1 atom stereocenters. The number of nitrogens with one attached hydrogen (secondary N) is 3. The first-order valence-electron chi connectivity index (χ1n) is 22.8. The van der Waals surface area contributed by atoms with Crippen molar-refractivity contribution in [1.82, 2.24) is 19.6 Å². The number of hydrogen-bond acceptors (Lipinski definition) is 13. The third-order valence-electron chi connectivity index (χ3n) is 13.4. The van der Waals surface area contributed by atoms with E-state index in [2.05, 4.69) is 55.8 Å². The summed E-state index contributed by atoms with van der Waals surface area (Å²) >= 11 is 6.25. The highest BCUT2D eigenvalue weighted by Gasteiger charge is 2.34. The Labute approximate surface area is 395 Å². The number of carbonyl (C=O) groups excluding carboxylic acids is 1. The first-order chi connectivity index (χ1) is 32.2. The molecule has 0 spiro atoms. The van der Waals surface area contributed by atoms with E-state index in [1.165, 1.54) is 35.0 Å². The number of pyridine rings is 1. The minimum absolute atomic E-state index is 0.0265. The van der Waals surface area contributed by atoms with Crippen molar-refractivity contribution in [3.63, 3.8) is 0 Å². The molecule has 2 fully saturated rings. The maximum Gasteiger partial charge on any atom is 0.297 e. The number of halogens is 1. The van der Waals surface area contributed by atoms with E-state index in [4.69, 9.17) is 30.5 Å². The van der Waals surface area contributed by atoms with Crippen LogP contribution in [0, 0.1) is 15.5 Å². The smallest absolute Gasteiger partial charge is 0.297 e. The summed E-state index contributed by atoms with van der Waals surface area (Å²) in [4.78, 5) is 37.4. The number of sulfonamides is 1. The summed E-state index contributed by atoms with van der Waals surface area (Å²) in [6, 6.07) is 18.5. The summed E-state index contributed by atoms with van der Waals surface area (Å²) in [5.41, 5.74) is 5.21. The lowest BCUT2D eigenvalue weighted by Crippen LogP contribution is -2.47. The van der Waals surface area contributed by atoms with Gasteiger partial charge < -0.3 is 34.1 Å². The van der Waals surface area contributed by atoms with Gasteiger partial charge in [0.05, 0.1) is 46.4 Å². The molecule has 16 nitrogen and oxygen atoms in total. The molecule has 1 saturated heterocycles. The predicted molar refractivity (Wildman–Crippen MR) is 257 cm³/mol. The highest BCUT2D eigenvalue weighted by atomic mass is 35.5. The van der Waals surface area contributed by atoms with Crippen molar-refractivity contribution >= 4 is 61.2 Å². The van der Waals surface area contributed by atoms with E-state index in [0.717, 1.165) is 86.7 Å². The lowest BCUT2D eigenvalue weighted by Gasteiger charge is -2.39. The number of nitro benzene ring substituents is 1. The van der Waals surface area contributed by atoms with Gasteiger partial charge in [0.15, 0.2) is 11.4 Å². The largest absolute Gasteiger partial charge is 0.489 e. The topological polar surface area (TPSA) is 190 Å². The van der Waals surface area contributed by atoms with Gasteiger partial charge >= 0.3 is 0 Å². The molecule has 5 aromatic rings. The van der Waals surface area contributed by atoms with Crippen molar-refractivity contribution in [2.75, 3.05) is 63.3 Å². The number of benzene rings is 3. The zero-order chi connectivity index (χ0) is 46.9. The number of H-pyrrole nitrogens is 1. The molecule has 0 bridgehead atoms. The van der Waals surface area contributed by atoms with Crippen molar-refractivity contribution < 1.29 is 37.1 Å². The number of rotatable bonds is 14. The van der Waals surface area contributed by atoms with E-state index in [1.54, 1.807) is 31.5 Å². The molecule has 1 unspecified atom stereocenters. The number of fused-ring (bicyclic) bond motifs is 2. The molecule has 18 heteroatoms. The molecule has 4 aliphatic rings. The van der Waals surface area contributed by atoms with E-state index < -0.39 is 37.5 Å². The molecule has 67 heavy (non-hydrogen) atoms. The number of ether oxygens (including phenoxy) is 4. The van der Waals surface area contributed by atoms with Crippen LogP contribution in [0.5, 0.6) is 17.2 Å². The van der Waals surface area contributed by atoms with Gasteiger partial charge in [-0.1, -0.05) is 43.2 Å². The molecule has 2 aromatic heterocycles. The number of allylic oxidation sites excluding steroid dienone is 1. The van der Waals surface area contributed by atoms with Crippen LogP contribution in [0.25, 0.3) is 16.6 Å². The number of piperazine rings is 1. The number of methoxy groups -OCH3 is 1. The molecular formula is C49H56ClN7O9S. The van der Waals surface area contributed by atoms with Gasteiger partial charge in [0.25, 0.3) is 21.6 Å². The quantitative estimate of drug-likeness (QED) is 0.0707. The Morgan fingerprint density at radius 3 is 2.52 bits per heavy atom. The summed E-state index contributed by atoms with van der Waals surface area (Å²) in [5.74, 6) is -0.570. The van der Waals surface area contributed by atoms with E-state index in [0.29, 0.717) is 24.5 Å². The van der Waals surface area contributed by atoms with Gasteiger partial charge in [0.2, 0.25) is 0 Å². The van der Waals surface area contributed by atoms with Gasteiger partial charge in [0, 0.05) is 80.3 Å². The Hall–Kier alpha value is -5.72. The summed E-state index contributed by atoms with van der Waals surface area (Å²) in [6.07, 6.45) is 10.2. The monoisotopic (exact) mass is 953 g/mol. The first kappa shape index (κ1) is 46.4. The lowest BCUT2D eigenvalue weighted by atomic mass is 9.72. The van der Waals surface area contributed by atoms with Gasteiger partial charge in [-0.15, -0.1) is 0 Å². The molecule has 9 rings (SSSR count). The fraction of sp³-hybridized carbons (Fsp3) is 0.429. The molecule has 0 radical (unpaired) electrons. The summed E-state index contributed by atoms with van der Waals surface area (Å²) in [7, 11) is -2.97. The molecule has 1 saturated carbocycles. The molecular weight excluding hydrogens is 898 g/mol. The summed E-state index contributed by atoms with van der Waals surface area (Å²) in [5, 5.41) is 17.0. The van der Waals surface area contributed by atoms with Crippen LogP contribution in [-0.4, -0.2) is 105 Å². The second kappa shape index (κ2) is 19.5. The van der Waals surface area contributed by atoms with Gasteiger partial charge in [-0.05, 0) is 97.9 Å². The average molecular weight is 955 g/mol. The molecule has 3 aromatic carbocycles. The van der Waals surface area contributed by atoms with Crippen molar-refractivity contribution in [2.45, 2.75) is 81.9 Å². The molecule has 2 aliphatic heterocycles. The van der Waals surface area contributed by atoms with Crippen LogP contribution in [0.2, 0.25) is 5.02 Å². The normalized spacial score (nSPS) is 21.0. The van der Waals surface area contributed by atoms with Crippen LogP contribution >= 0.6 is 11.6 Å². The van der Waals surface area contributed by atoms with Gasteiger partial charge in [-0.3, -0.25) is 19.8 Å². The Morgan fingerprint density at radius 1 is 1.01 bits per heavy atom. The van der Waals surface area contributed by atoms with Crippen LogP contribution in [-0.2, 0) is 19.5 Å². The Balaban J connectivity index is 0.915. The minimum atomic E-state index is -4.68.